The van der Waals surface area contributed by atoms with Crippen LogP contribution in [0.2, 0.25) is 0 Å². The van der Waals surface area contributed by atoms with Crippen molar-refractivity contribution in [3.63, 3.8) is 0 Å². The molecule has 162 valence electrons. The summed E-state index contributed by atoms with van der Waals surface area (Å²) in [4.78, 5) is 37.5. The minimum absolute atomic E-state index is 0.0849. The van der Waals surface area contributed by atoms with E-state index >= 15 is 0 Å². The average Bonchev–Trinajstić information content (AvgIpc) is 3.34. The highest BCUT2D eigenvalue weighted by Gasteiger charge is 2.48. The summed E-state index contributed by atoms with van der Waals surface area (Å²) in [5.41, 5.74) is 0.352. The number of hydrogen-bond acceptors (Lipinski definition) is 8. The molecule has 0 unspecified atom stereocenters. The highest BCUT2D eigenvalue weighted by molar-refractivity contribution is 6.51. The van der Waals surface area contributed by atoms with Gasteiger partial charge in [0.05, 0.1) is 23.6 Å². The van der Waals surface area contributed by atoms with Gasteiger partial charge in [-0.1, -0.05) is 5.16 Å². The Hall–Kier alpha value is -4.47. The Kier molecular flexibility index (Phi) is 5.19. The number of nitrogens with zero attached hydrogens (tertiary/aromatic N) is 3. The number of methoxy groups -OCH3 is 1. The lowest BCUT2D eigenvalue weighted by molar-refractivity contribution is -0.384. The lowest BCUT2D eigenvalue weighted by Crippen LogP contribution is -2.29. The van der Waals surface area contributed by atoms with Crippen LogP contribution in [0.25, 0.3) is 5.76 Å². The van der Waals surface area contributed by atoms with Crippen molar-refractivity contribution in [2.75, 3.05) is 12.0 Å². The predicted octanol–water partition coefficient (Wildman–Crippen LogP) is 3.53. The second-order valence-electron chi connectivity index (χ2n) is 7.04. The van der Waals surface area contributed by atoms with Crippen LogP contribution in [0.4, 0.5) is 11.5 Å². The van der Waals surface area contributed by atoms with Crippen LogP contribution in [0.5, 0.6) is 5.75 Å². The first-order chi connectivity index (χ1) is 15.3. The van der Waals surface area contributed by atoms with Gasteiger partial charge in [-0.15, -0.1) is 0 Å². The van der Waals surface area contributed by atoms with E-state index in [1.165, 1.54) is 37.4 Å². The van der Waals surface area contributed by atoms with Crippen LogP contribution < -0.4 is 9.64 Å². The highest BCUT2D eigenvalue weighted by atomic mass is 16.6. The largest absolute Gasteiger partial charge is 0.507 e. The Morgan fingerprint density at radius 1 is 1.16 bits per heavy atom. The van der Waals surface area contributed by atoms with Gasteiger partial charge < -0.3 is 14.4 Å². The molecule has 1 amide bonds. The van der Waals surface area contributed by atoms with Crippen molar-refractivity contribution in [1.82, 2.24) is 5.16 Å². The summed E-state index contributed by atoms with van der Waals surface area (Å²) >= 11 is 0. The Labute approximate surface area is 181 Å². The summed E-state index contributed by atoms with van der Waals surface area (Å²) in [6, 6.07) is 12.1. The summed E-state index contributed by atoms with van der Waals surface area (Å²) in [6.07, 6.45) is 0. The third kappa shape index (κ3) is 3.47. The fourth-order valence-electron chi connectivity index (χ4n) is 3.53. The SMILES string of the molecule is COc1ccc(/C(O)=C2\C(=O)C(=O)N(c3cc(C)on3)[C@@H]2c2ccc([N+](=O)[O-])cc2)cc1. The van der Waals surface area contributed by atoms with E-state index in [0.717, 1.165) is 4.90 Å². The molecule has 1 fully saturated rings. The van der Waals surface area contributed by atoms with Crippen molar-refractivity contribution in [3.05, 3.63) is 87.2 Å². The molecule has 0 spiro atoms. The van der Waals surface area contributed by atoms with Crippen molar-refractivity contribution in [3.8, 4) is 5.75 Å². The zero-order valence-electron chi connectivity index (χ0n) is 17.0. The number of aromatic nitrogens is 1. The summed E-state index contributed by atoms with van der Waals surface area (Å²) in [5.74, 6) is -1.16. The number of aliphatic hydroxyl groups is 1. The zero-order valence-corrected chi connectivity index (χ0v) is 17.0. The lowest BCUT2D eigenvalue weighted by atomic mass is 9.95. The van der Waals surface area contributed by atoms with Gasteiger partial charge in [0.1, 0.15) is 17.3 Å². The van der Waals surface area contributed by atoms with Gasteiger partial charge in [-0.05, 0) is 48.9 Å². The van der Waals surface area contributed by atoms with E-state index < -0.39 is 28.4 Å². The number of carbonyl (C=O) groups excluding carboxylic acids is 2. The van der Waals surface area contributed by atoms with Crippen LogP contribution in [0.1, 0.15) is 22.9 Å². The number of hydrogen-bond donors (Lipinski definition) is 1. The summed E-state index contributed by atoms with van der Waals surface area (Å²) < 4.78 is 10.2. The molecule has 0 saturated carbocycles. The number of Topliss-reactive ketones (excluding diaryl/α,β-unsaturated/α-hetero) is 1. The first-order valence-corrected chi connectivity index (χ1v) is 9.45. The smallest absolute Gasteiger partial charge is 0.301 e. The third-order valence-electron chi connectivity index (χ3n) is 5.09. The van der Waals surface area contributed by atoms with Gasteiger partial charge in [0.2, 0.25) is 0 Å². The minimum atomic E-state index is -1.07. The molecule has 0 aliphatic carbocycles. The second-order valence-corrected chi connectivity index (χ2v) is 7.04. The molecule has 10 heteroatoms. The van der Waals surface area contributed by atoms with Gasteiger partial charge in [-0.2, -0.15) is 0 Å². The van der Waals surface area contributed by atoms with Crippen LogP contribution in [-0.4, -0.2) is 34.0 Å². The fraction of sp³-hybridized carbons (Fsp3) is 0.136. The number of amides is 1. The molecule has 4 rings (SSSR count). The first kappa shape index (κ1) is 20.8. The Balaban J connectivity index is 1.90. The van der Waals surface area contributed by atoms with E-state index in [0.29, 0.717) is 22.6 Å². The van der Waals surface area contributed by atoms with Crippen molar-refractivity contribution >= 4 is 29.0 Å². The molecular weight excluding hydrogens is 418 g/mol. The number of rotatable bonds is 5. The van der Waals surface area contributed by atoms with E-state index in [2.05, 4.69) is 5.16 Å². The Morgan fingerprint density at radius 3 is 2.34 bits per heavy atom. The van der Waals surface area contributed by atoms with Crippen molar-refractivity contribution < 1.29 is 28.9 Å². The van der Waals surface area contributed by atoms with Crippen molar-refractivity contribution in [2.45, 2.75) is 13.0 Å². The lowest BCUT2D eigenvalue weighted by Gasteiger charge is -2.22. The molecule has 2 aromatic carbocycles. The molecular formula is C22H17N3O7. The molecule has 0 radical (unpaired) electrons. The molecule has 10 nitrogen and oxygen atoms in total. The van der Waals surface area contributed by atoms with Gasteiger partial charge in [0, 0.05) is 23.8 Å². The Morgan fingerprint density at radius 2 is 1.81 bits per heavy atom. The molecule has 1 aromatic heterocycles. The summed E-state index contributed by atoms with van der Waals surface area (Å²) in [7, 11) is 1.49. The molecule has 1 atom stereocenters. The van der Waals surface area contributed by atoms with E-state index in [-0.39, 0.29) is 17.1 Å². The molecule has 1 aliphatic rings. The van der Waals surface area contributed by atoms with Crippen molar-refractivity contribution in [1.29, 1.82) is 0 Å². The number of benzene rings is 2. The van der Waals surface area contributed by atoms with E-state index in [1.807, 2.05) is 0 Å². The standard InChI is InChI=1S/C22H17N3O7/c1-12-11-17(23-32-12)24-19(13-3-7-15(8-4-13)25(29)30)18(21(27)22(24)28)20(26)14-5-9-16(31-2)10-6-14/h3-11,19,26H,1-2H3/b20-18+/t19-/m1/s1. The van der Waals surface area contributed by atoms with Crippen LogP contribution in [-0.2, 0) is 9.59 Å². The average molecular weight is 435 g/mol. The number of ether oxygens (including phenoxy) is 1. The van der Waals surface area contributed by atoms with E-state index in [9.17, 15) is 24.8 Å². The van der Waals surface area contributed by atoms with Gasteiger partial charge >= 0.3 is 5.91 Å². The number of ketones is 1. The number of carbonyl (C=O) groups is 2. The van der Waals surface area contributed by atoms with E-state index in [4.69, 9.17) is 9.26 Å². The third-order valence-corrected chi connectivity index (χ3v) is 5.09. The van der Waals surface area contributed by atoms with Crippen molar-refractivity contribution in [2.24, 2.45) is 0 Å². The predicted molar refractivity (Wildman–Crippen MR) is 112 cm³/mol. The van der Waals surface area contributed by atoms with Crippen LogP contribution in [0.3, 0.4) is 0 Å². The maximum atomic E-state index is 13.0. The second kappa shape index (κ2) is 7.99. The van der Waals surface area contributed by atoms with Crippen LogP contribution >= 0.6 is 0 Å². The maximum Gasteiger partial charge on any atom is 0.301 e. The summed E-state index contributed by atoms with van der Waals surface area (Å²) in [5, 5.41) is 25.9. The topological polar surface area (TPSA) is 136 Å². The molecule has 0 bridgehead atoms. The molecule has 2 heterocycles. The number of nitro groups is 1. The number of aryl methyl sites for hydroxylation is 1. The van der Waals surface area contributed by atoms with E-state index in [1.54, 1.807) is 31.2 Å². The minimum Gasteiger partial charge on any atom is -0.507 e. The molecule has 1 saturated heterocycles. The molecule has 32 heavy (non-hydrogen) atoms. The van der Waals surface area contributed by atoms with Gasteiger partial charge in [0.15, 0.2) is 5.82 Å². The maximum absolute atomic E-state index is 13.0. The number of non-ortho nitro benzene ring substituents is 1. The van der Waals surface area contributed by atoms with Crippen LogP contribution in [0.15, 0.2) is 64.7 Å². The zero-order chi connectivity index (χ0) is 23.0. The normalized spacial score (nSPS) is 17.6. The molecule has 1 N–H and O–H groups in total. The molecule has 1 aliphatic heterocycles. The van der Waals surface area contributed by atoms with Crippen LogP contribution in [0, 0.1) is 17.0 Å². The first-order valence-electron chi connectivity index (χ1n) is 9.45. The Bertz CT molecular complexity index is 1240. The molecule has 3 aromatic rings. The number of nitro benzene ring substituents is 1. The summed E-state index contributed by atoms with van der Waals surface area (Å²) in [6.45, 7) is 1.63. The quantitative estimate of drug-likeness (QED) is 0.211. The number of aliphatic hydroxyl groups excluding tert-OH is 1. The monoisotopic (exact) mass is 435 g/mol. The highest BCUT2D eigenvalue weighted by Crippen LogP contribution is 2.42. The van der Waals surface area contributed by atoms with Gasteiger partial charge in [0.25, 0.3) is 11.5 Å². The van der Waals surface area contributed by atoms with Gasteiger partial charge in [-0.3, -0.25) is 24.6 Å². The van der Waals surface area contributed by atoms with Gasteiger partial charge in [-0.25, -0.2) is 0 Å². The fourth-order valence-corrected chi connectivity index (χ4v) is 3.53. The number of anilines is 1.